The lowest BCUT2D eigenvalue weighted by atomic mass is 10.3. The number of pyridine rings is 1. The van der Waals surface area contributed by atoms with Crippen LogP contribution in [-0.2, 0) is 21.2 Å². The van der Waals surface area contributed by atoms with Crippen molar-refractivity contribution in [2.24, 2.45) is 5.14 Å². The van der Waals surface area contributed by atoms with Crippen LogP contribution in [0.4, 0.5) is 0 Å². The van der Waals surface area contributed by atoms with Gasteiger partial charge in [-0.2, -0.15) is 4.98 Å². The Hall–Kier alpha value is -3.05. The van der Waals surface area contributed by atoms with E-state index in [4.69, 9.17) is 18.8 Å². The summed E-state index contributed by atoms with van der Waals surface area (Å²) >= 11 is 0. The van der Waals surface area contributed by atoms with E-state index in [2.05, 4.69) is 15.1 Å². The maximum Gasteiger partial charge on any atom is 0.374 e. The Morgan fingerprint density at radius 3 is 2.81 bits per heavy atom. The molecule has 0 bridgehead atoms. The van der Waals surface area contributed by atoms with E-state index in [9.17, 15) is 13.2 Å². The second-order valence-corrected chi connectivity index (χ2v) is 6.65. The molecule has 0 atom stereocenters. The summed E-state index contributed by atoms with van der Waals surface area (Å²) in [6.07, 6.45) is 4.10. The third-order valence-corrected chi connectivity index (χ3v) is 4.00. The number of esters is 1. The lowest BCUT2D eigenvalue weighted by Crippen LogP contribution is -2.11. The molecule has 0 aliphatic rings. The molecule has 26 heavy (non-hydrogen) atoms. The average Bonchev–Trinajstić information content (AvgIpc) is 3.28. The molecule has 0 spiro atoms. The number of primary sulfonamides is 1. The van der Waals surface area contributed by atoms with Gasteiger partial charge in [-0.1, -0.05) is 5.16 Å². The molecule has 136 valence electrons. The first-order chi connectivity index (χ1) is 12.4. The van der Waals surface area contributed by atoms with Crippen LogP contribution in [0.1, 0.15) is 22.9 Å². The highest BCUT2D eigenvalue weighted by Gasteiger charge is 2.18. The van der Waals surface area contributed by atoms with E-state index < -0.39 is 21.1 Å². The molecule has 0 aromatic carbocycles. The van der Waals surface area contributed by atoms with Crippen molar-refractivity contribution in [2.75, 3.05) is 6.61 Å². The number of nitrogens with zero attached hydrogens (tertiary/aromatic N) is 3. The van der Waals surface area contributed by atoms with Crippen LogP contribution in [0.2, 0.25) is 0 Å². The average molecular weight is 378 g/mol. The van der Waals surface area contributed by atoms with E-state index in [1.807, 2.05) is 6.07 Å². The second kappa shape index (κ2) is 7.45. The molecule has 0 aliphatic heterocycles. The van der Waals surface area contributed by atoms with Gasteiger partial charge >= 0.3 is 5.97 Å². The lowest BCUT2D eigenvalue weighted by Gasteiger charge is -2.01. The molecule has 0 aliphatic carbocycles. The number of aryl methyl sites for hydroxylation is 1. The van der Waals surface area contributed by atoms with Gasteiger partial charge in [0.15, 0.2) is 0 Å². The number of carbonyl (C=O) groups excluding carboxylic acids is 1. The number of rotatable bonds is 7. The van der Waals surface area contributed by atoms with Gasteiger partial charge in [0, 0.05) is 24.4 Å². The van der Waals surface area contributed by atoms with Gasteiger partial charge in [-0.3, -0.25) is 4.98 Å². The summed E-state index contributed by atoms with van der Waals surface area (Å²) < 4.78 is 37.2. The largest absolute Gasteiger partial charge is 0.460 e. The SMILES string of the molecule is NS(=O)(=O)c1ccc(C(=O)OCCCc2nc(-c3cccnc3)no2)o1. The summed E-state index contributed by atoms with van der Waals surface area (Å²) in [7, 11) is -4.00. The van der Waals surface area contributed by atoms with E-state index >= 15 is 0 Å². The standard InChI is InChI=1S/C15H14N4O6S/c16-26(21,22)13-6-5-11(24-13)15(20)23-8-2-4-12-18-14(19-25-12)10-3-1-7-17-9-10/h1,3,5-7,9H,2,4,8H2,(H2,16,21,22). The van der Waals surface area contributed by atoms with Gasteiger partial charge in [-0.25, -0.2) is 18.4 Å². The quantitative estimate of drug-likeness (QED) is 0.471. The predicted molar refractivity (Wildman–Crippen MR) is 86.2 cm³/mol. The molecule has 3 rings (SSSR count). The fourth-order valence-corrected chi connectivity index (χ4v) is 2.47. The zero-order chi connectivity index (χ0) is 18.6. The van der Waals surface area contributed by atoms with Crippen LogP contribution in [-0.4, -0.2) is 36.1 Å². The fraction of sp³-hybridized carbons (Fsp3) is 0.200. The Morgan fingerprint density at radius 2 is 2.12 bits per heavy atom. The van der Waals surface area contributed by atoms with Crippen LogP contribution < -0.4 is 5.14 Å². The molecule has 11 heteroatoms. The Morgan fingerprint density at radius 1 is 1.27 bits per heavy atom. The number of aromatic nitrogens is 3. The summed E-state index contributed by atoms with van der Waals surface area (Å²) in [5.74, 6) is -0.210. The molecule has 0 fully saturated rings. The third-order valence-electron chi connectivity index (χ3n) is 3.22. The number of carbonyl (C=O) groups is 1. The topological polar surface area (TPSA) is 151 Å². The number of sulfonamides is 1. The summed E-state index contributed by atoms with van der Waals surface area (Å²) in [6.45, 7) is 0.0643. The predicted octanol–water partition coefficient (Wildman–Crippen LogP) is 1.16. The van der Waals surface area contributed by atoms with Crippen molar-refractivity contribution in [1.29, 1.82) is 0 Å². The van der Waals surface area contributed by atoms with Crippen molar-refractivity contribution >= 4 is 16.0 Å². The van der Waals surface area contributed by atoms with Gasteiger partial charge in [-0.15, -0.1) is 0 Å². The second-order valence-electron chi connectivity index (χ2n) is 5.16. The number of ether oxygens (including phenoxy) is 1. The molecule has 2 N–H and O–H groups in total. The summed E-state index contributed by atoms with van der Waals surface area (Å²) in [5.41, 5.74) is 0.734. The normalized spacial score (nSPS) is 11.4. The van der Waals surface area contributed by atoms with E-state index in [0.29, 0.717) is 24.6 Å². The van der Waals surface area contributed by atoms with Crippen LogP contribution in [0.15, 0.2) is 50.7 Å². The maximum absolute atomic E-state index is 11.8. The van der Waals surface area contributed by atoms with Crippen LogP contribution in [0.25, 0.3) is 11.4 Å². The molecule has 0 saturated carbocycles. The van der Waals surface area contributed by atoms with Crippen LogP contribution in [0.3, 0.4) is 0 Å². The van der Waals surface area contributed by atoms with Crippen molar-refractivity contribution < 1.29 is 26.9 Å². The lowest BCUT2D eigenvalue weighted by molar-refractivity contribution is 0.0456. The smallest absolute Gasteiger partial charge is 0.374 e. The monoisotopic (exact) mass is 378 g/mol. The highest BCUT2D eigenvalue weighted by Crippen LogP contribution is 2.15. The number of hydrogen-bond acceptors (Lipinski definition) is 9. The van der Waals surface area contributed by atoms with Crippen molar-refractivity contribution in [1.82, 2.24) is 15.1 Å². The van der Waals surface area contributed by atoms with Gasteiger partial charge in [0.05, 0.1) is 6.61 Å². The van der Waals surface area contributed by atoms with Gasteiger partial charge in [0.1, 0.15) is 0 Å². The molecular formula is C15H14N4O6S. The Balaban J connectivity index is 1.48. The molecule has 0 saturated heterocycles. The minimum absolute atomic E-state index is 0.0643. The van der Waals surface area contributed by atoms with E-state index in [1.54, 1.807) is 18.5 Å². The van der Waals surface area contributed by atoms with E-state index in [0.717, 1.165) is 11.6 Å². The van der Waals surface area contributed by atoms with Crippen molar-refractivity contribution in [3.8, 4) is 11.4 Å². The zero-order valence-electron chi connectivity index (χ0n) is 13.4. The van der Waals surface area contributed by atoms with Crippen LogP contribution in [0.5, 0.6) is 0 Å². The minimum Gasteiger partial charge on any atom is -0.460 e. The number of hydrogen-bond donors (Lipinski definition) is 1. The van der Waals surface area contributed by atoms with Crippen LogP contribution in [0, 0.1) is 0 Å². The number of furan rings is 1. The van der Waals surface area contributed by atoms with Crippen molar-refractivity contribution in [3.63, 3.8) is 0 Å². The van der Waals surface area contributed by atoms with E-state index in [-0.39, 0.29) is 12.4 Å². The fourth-order valence-electron chi connectivity index (χ4n) is 2.01. The van der Waals surface area contributed by atoms with Crippen molar-refractivity contribution in [2.45, 2.75) is 17.9 Å². The molecule has 0 unspecified atom stereocenters. The maximum atomic E-state index is 11.8. The highest BCUT2D eigenvalue weighted by atomic mass is 32.2. The molecule has 0 amide bonds. The third kappa shape index (κ3) is 4.32. The molecule has 3 aromatic rings. The molecule has 3 aromatic heterocycles. The van der Waals surface area contributed by atoms with Gasteiger partial charge in [0.25, 0.3) is 10.0 Å². The molecule has 0 radical (unpaired) electrons. The first-order valence-electron chi connectivity index (χ1n) is 7.46. The summed E-state index contributed by atoms with van der Waals surface area (Å²) in [5, 5.41) is 8.25. The summed E-state index contributed by atoms with van der Waals surface area (Å²) in [4.78, 5) is 20.0. The first-order valence-corrected chi connectivity index (χ1v) is 9.01. The molecule has 3 heterocycles. The Bertz CT molecular complexity index is 996. The molecular weight excluding hydrogens is 364 g/mol. The number of nitrogens with two attached hydrogens (primary N) is 1. The highest BCUT2D eigenvalue weighted by molar-refractivity contribution is 7.89. The first kappa shape index (κ1) is 17.8. The zero-order valence-corrected chi connectivity index (χ0v) is 14.2. The summed E-state index contributed by atoms with van der Waals surface area (Å²) in [6, 6.07) is 5.84. The van der Waals surface area contributed by atoms with Crippen molar-refractivity contribution in [3.05, 3.63) is 48.3 Å². The Labute approximate surface area is 148 Å². The Kier molecular flexibility index (Phi) is 5.09. The minimum atomic E-state index is -4.00. The van der Waals surface area contributed by atoms with Gasteiger partial charge in [-0.05, 0) is 30.7 Å². The van der Waals surface area contributed by atoms with Crippen LogP contribution >= 0.6 is 0 Å². The van der Waals surface area contributed by atoms with E-state index in [1.165, 1.54) is 6.07 Å². The van der Waals surface area contributed by atoms with Gasteiger partial charge in [0.2, 0.25) is 22.6 Å². The molecule has 10 nitrogen and oxygen atoms in total. The van der Waals surface area contributed by atoms with Gasteiger partial charge < -0.3 is 13.7 Å².